The highest BCUT2D eigenvalue weighted by atomic mass is 32.1. The molecule has 7 atom stereocenters. The Morgan fingerprint density at radius 1 is 0.744 bits per heavy atom. The molecule has 0 bridgehead atoms. The molecule has 0 aliphatic carbocycles. The third kappa shape index (κ3) is 14.0. The van der Waals surface area contributed by atoms with Crippen LogP contribution in [0.2, 0.25) is 0 Å². The van der Waals surface area contributed by atoms with Gasteiger partial charge in [0.1, 0.15) is 36.3 Å². The number of nitrogens with one attached hydrogen (secondary N) is 6. The van der Waals surface area contributed by atoms with E-state index >= 15 is 0 Å². The van der Waals surface area contributed by atoms with Crippen molar-refractivity contribution in [2.45, 2.75) is 69.5 Å². The van der Waals surface area contributed by atoms with Gasteiger partial charge in [-0.05, 0) is 26.3 Å². The van der Waals surface area contributed by atoms with Crippen molar-refractivity contribution in [2.24, 2.45) is 16.6 Å². The second kappa shape index (κ2) is 19.9. The fourth-order valence-corrected chi connectivity index (χ4v) is 3.49. The summed E-state index contributed by atoms with van der Waals surface area (Å²) in [6, 6.07) is -8.23. The molecule has 0 aliphatic rings. The van der Waals surface area contributed by atoms with Gasteiger partial charge in [0.05, 0.1) is 6.04 Å². The third-order valence-corrected chi connectivity index (χ3v) is 6.28. The Balaban J connectivity index is 5.06. The van der Waals surface area contributed by atoms with E-state index in [1.807, 2.05) is 0 Å². The molecule has 0 rings (SSSR count). The number of azide groups is 1. The molecule has 18 nitrogen and oxygen atoms in total. The van der Waals surface area contributed by atoms with E-state index in [1.165, 1.54) is 20.8 Å². The molecular weight excluding hydrogens is 606 g/mol. The van der Waals surface area contributed by atoms with Crippen LogP contribution in [0, 0.1) is 12.3 Å². The Hall–Kier alpha value is -4.18. The third-order valence-electron chi connectivity index (χ3n) is 5.55. The molecule has 0 unspecified atom stereocenters. The summed E-state index contributed by atoms with van der Waals surface area (Å²) in [7, 11) is 0. The quantitative estimate of drug-likeness (QED) is 0.0230. The molecule has 0 saturated carbocycles. The zero-order valence-corrected chi connectivity index (χ0v) is 25.5. The Kier molecular flexibility index (Phi) is 17.9. The van der Waals surface area contributed by atoms with Gasteiger partial charge in [0.2, 0.25) is 41.4 Å². The lowest BCUT2D eigenvalue weighted by molar-refractivity contribution is -0.134. The van der Waals surface area contributed by atoms with Crippen molar-refractivity contribution >= 4 is 66.6 Å². The highest BCUT2D eigenvalue weighted by Gasteiger charge is 2.29. The molecule has 43 heavy (non-hydrogen) atoms. The largest absolute Gasteiger partial charge is 0.368 e. The molecule has 20 heteroatoms. The molecule has 0 aromatic rings. The summed E-state index contributed by atoms with van der Waals surface area (Å²) >= 11 is 8.09. The van der Waals surface area contributed by atoms with E-state index in [0.717, 1.165) is 0 Å². The van der Waals surface area contributed by atoms with Crippen LogP contribution >= 0.6 is 25.3 Å². The van der Waals surface area contributed by atoms with Crippen molar-refractivity contribution in [3.8, 4) is 12.3 Å². The summed E-state index contributed by atoms with van der Waals surface area (Å²) < 4.78 is 0. The fourth-order valence-electron chi connectivity index (χ4n) is 2.97. The summed E-state index contributed by atoms with van der Waals surface area (Å²) in [4.78, 5) is 88.7. The van der Waals surface area contributed by atoms with Crippen LogP contribution in [0.25, 0.3) is 10.4 Å². The first-order chi connectivity index (χ1) is 20.1. The zero-order valence-electron chi connectivity index (χ0n) is 23.7. The highest BCUT2D eigenvalue weighted by Crippen LogP contribution is 1.98. The smallest absolute Gasteiger partial charge is 0.244 e. The van der Waals surface area contributed by atoms with Crippen LogP contribution in [0.4, 0.5) is 0 Å². The number of amides is 7. The van der Waals surface area contributed by atoms with Crippen molar-refractivity contribution in [2.75, 3.05) is 18.1 Å². The number of terminal acetylenes is 1. The average Bonchev–Trinajstić information content (AvgIpc) is 2.95. The second-order valence-electron chi connectivity index (χ2n) is 9.07. The number of primary amides is 1. The molecule has 7 amide bonds. The standard InChI is InChI=1S/C23H37N11O7S2/c1-5-6-14(17(25)35)31-18(36)11(3)29-22(40)16(9-43)33-20(38)12(4)30-23(41)15(8-42)32-19(37)10(2)28-21(39)13(24)7-27-34-26/h1,10-16,42-43H,6-9,24H2,2-4H3,(H2,25,35)(H,28,39)(H,29,40)(H,30,41)(H,31,36)(H,32,37)(H,33,38)/t10-,11-,12-,13-,14-,15-,16-/m0/s1. The summed E-state index contributed by atoms with van der Waals surface area (Å²) in [5, 5.41) is 17.3. The van der Waals surface area contributed by atoms with Crippen molar-refractivity contribution in [1.29, 1.82) is 0 Å². The number of hydrogen-bond donors (Lipinski definition) is 10. The van der Waals surface area contributed by atoms with Gasteiger partial charge in [-0.15, -0.1) is 12.3 Å². The molecule has 0 fully saturated rings. The summed E-state index contributed by atoms with van der Waals surface area (Å²) in [5.74, 6) is -3.65. The van der Waals surface area contributed by atoms with Gasteiger partial charge in [-0.1, -0.05) is 5.11 Å². The lowest BCUT2D eigenvalue weighted by atomic mass is 10.1. The van der Waals surface area contributed by atoms with Gasteiger partial charge in [0.15, 0.2) is 0 Å². The lowest BCUT2D eigenvalue weighted by Crippen LogP contribution is -2.59. The van der Waals surface area contributed by atoms with Crippen LogP contribution in [0.5, 0.6) is 0 Å². The van der Waals surface area contributed by atoms with Gasteiger partial charge >= 0.3 is 0 Å². The van der Waals surface area contributed by atoms with E-state index in [4.69, 9.17) is 23.4 Å². The van der Waals surface area contributed by atoms with Crippen molar-refractivity contribution in [1.82, 2.24) is 31.9 Å². The first-order valence-electron chi connectivity index (χ1n) is 12.7. The minimum absolute atomic E-state index is 0.150. The van der Waals surface area contributed by atoms with Gasteiger partial charge < -0.3 is 43.4 Å². The topological polar surface area (TPSA) is 292 Å². The van der Waals surface area contributed by atoms with Gasteiger partial charge in [-0.3, -0.25) is 33.6 Å². The van der Waals surface area contributed by atoms with Gasteiger partial charge in [0.25, 0.3) is 0 Å². The number of nitrogens with zero attached hydrogens (tertiary/aromatic N) is 3. The van der Waals surface area contributed by atoms with Gasteiger partial charge in [-0.25, -0.2) is 0 Å². The predicted molar refractivity (Wildman–Crippen MR) is 161 cm³/mol. The maximum atomic E-state index is 12.7. The second-order valence-corrected chi connectivity index (χ2v) is 9.80. The van der Waals surface area contributed by atoms with E-state index < -0.39 is 83.6 Å². The molecule has 238 valence electrons. The molecule has 10 N–H and O–H groups in total. The summed E-state index contributed by atoms with van der Waals surface area (Å²) in [6.45, 7) is 3.65. The summed E-state index contributed by atoms with van der Waals surface area (Å²) in [5.41, 5.74) is 19.0. The van der Waals surface area contributed by atoms with Crippen LogP contribution < -0.4 is 43.4 Å². The summed E-state index contributed by atoms with van der Waals surface area (Å²) in [6.07, 6.45) is 5.00. The molecule has 0 spiro atoms. The predicted octanol–water partition coefficient (Wildman–Crippen LogP) is -4.04. The molecule has 0 aliphatic heterocycles. The van der Waals surface area contributed by atoms with Crippen molar-refractivity contribution in [3.63, 3.8) is 0 Å². The molecule has 0 aromatic heterocycles. The number of nitrogens with two attached hydrogens (primary N) is 2. The van der Waals surface area contributed by atoms with Crippen molar-refractivity contribution in [3.05, 3.63) is 10.4 Å². The van der Waals surface area contributed by atoms with E-state index in [-0.39, 0.29) is 24.5 Å². The first-order valence-corrected chi connectivity index (χ1v) is 13.9. The normalized spacial score (nSPS) is 15.2. The Labute approximate surface area is 258 Å². The highest BCUT2D eigenvalue weighted by molar-refractivity contribution is 7.80. The van der Waals surface area contributed by atoms with Crippen LogP contribution in [0.1, 0.15) is 27.2 Å². The SMILES string of the molecule is C#CC[C@H](NC(=O)[C@H](C)NC(=O)[C@H](CS)NC(=O)[C@H](C)NC(=O)[C@H](CS)NC(=O)[C@H](C)NC(=O)[C@@H](N)CN=[N+]=[N-])C(N)=O. The Bertz CT molecular complexity index is 1140. The number of carbonyl (C=O) groups is 7. The monoisotopic (exact) mass is 643 g/mol. The number of rotatable bonds is 18. The van der Waals surface area contributed by atoms with E-state index in [0.29, 0.717) is 0 Å². The molecule has 0 aromatic carbocycles. The zero-order chi connectivity index (χ0) is 33.3. The van der Waals surface area contributed by atoms with Crippen LogP contribution in [0.3, 0.4) is 0 Å². The van der Waals surface area contributed by atoms with E-state index in [1.54, 1.807) is 0 Å². The lowest BCUT2D eigenvalue weighted by Gasteiger charge is -2.24. The molecular formula is C23H37N11O7S2. The van der Waals surface area contributed by atoms with Gasteiger partial charge in [-0.2, -0.15) is 25.3 Å². The maximum Gasteiger partial charge on any atom is 0.244 e. The van der Waals surface area contributed by atoms with E-state index in [9.17, 15) is 33.6 Å². The number of hydrogen-bond acceptors (Lipinski definition) is 11. The van der Waals surface area contributed by atoms with E-state index in [2.05, 4.69) is 73.1 Å². The Morgan fingerprint density at radius 2 is 1.12 bits per heavy atom. The van der Waals surface area contributed by atoms with Gasteiger partial charge in [0, 0.05) is 29.4 Å². The van der Waals surface area contributed by atoms with Crippen LogP contribution in [-0.4, -0.2) is 102 Å². The fraction of sp³-hybridized carbons (Fsp3) is 0.609. The number of carbonyl (C=O) groups excluding carboxylic acids is 7. The van der Waals surface area contributed by atoms with Crippen LogP contribution in [0.15, 0.2) is 5.11 Å². The molecule has 0 saturated heterocycles. The number of thiol groups is 2. The maximum absolute atomic E-state index is 12.7. The molecule has 0 radical (unpaired) electrons. The van der Waals surface area contributed by atoms with Crippen molar-refractivity contribution < 1.29 is 33.6 Å². The average molecular weight is 644 g/mol. The minimum atomic E-state index is -1.22. The first kappa shape index (κ1) is 38.8. The van der Waals surface area contributed by atoms with Crippen LogP contribution in [-0.2, 0) is 33.6 Å². The Morgan fingerprint density at radius 3 is 1.44 bits per heavy atom. The minimum Gasteiger partial charge on any atom is -0.368 e. The molecule has 0 heterocycles.